The third-order valence-corrected chi connectivity index (χ3v) is 7.87. The highest BCUT2D eigenvalue weighted by Gasteiger charge is 2.55. The number of anilines is 3. The molecule has 34 heavy (non-hydrogen) atoms. The molecule has 5 rings (SSSR count). The maximum atomic E-state index is 13.4. The minimum absolute atomic E-state index is 0.0184. The molecule has 1 saturated carbocycles. The summed E-state index contributed by atoms with van der Waals surface area (Å²) in [5, 5.41) is 0. The van der Waals surface area contributed by atoms with E-state index in [1.54, 1.807) is 13.1 Å². The second-order valence-electron chi connectivity index (χ2n) is 9.79. The zero-order valence-electron chi connectivity index (χ0n) is 19.1. The van der Waals surface area contributed by atoms with E-state index in [4.69, 9.17) is 16.5 Å². The number of aromatic nitrogens is 3. The molecule has 1 saturated heterocycles. The van der Waals surface area contributed by atoms with Gasteiger partial charge in [-0.2, -0.15) is 18.2 Å². The molecule has 2 aromatic rings. The van der Waals surface area contributed by atoms with Gasteiger partial charge >= 0.3 is 6.18 Å². The molecule has 0 radical (unpaired) electrons. The summed E-state index contributed by atoms with van der Waals surface area (Å²) in [6, 6.07) is 2.63. The van der Waals surface area contributed by atoms with Gasteiger partial charge in [-0.15, -0.1) is 0 Å². The molecule has 0 bridgehead atoms. The van der Waals surface area contributed by atoms with Crippen molar-refractivity contribution in [3.8, 4) is 0 Å². The van der Waals surface area contributed by atoms with Gasteiger partial charge in [0.15, 0.2) is 5.82 Å². The van der Waals surface area contributed by atoms with E-state index >= 15 is 0 Å². The van der Waals surface area contributed by atoms with Crippen molar-refractivity contribution in [1.29, 1.82) is 0 Å². The second kappa shape index (κ2) is 7.84. The number of fused-ring (bicyclic) bond motifs is 1. The third kappa shape index (κ3) is 3.59. The summed E-state index contributed by atoms with van der Waals surface area (Å²) in [6.45, 7) is 2.82. The molecule has 3 aliphatic rings. The zero-order chi connectivity index (χ0) is 24.4. The van der Waals surface area contributed by atoms with E-state index in [0.717, 1.165) is 5.56 Å². The van der Waals surface area contributed by atoms with Crippen LogP contribution in [0.15, 0.2) is 16.9 Å². The largest absolute Gasteiger partial charge is 0.391 e. The molecule has 6 N–H and O–H groups in total. The van der Waals surface area contributed by atoms with Crippen LogP contribution in [0.5, 0.6) is 0 Å². The Balaban J connectivity index is 1.39. The maximum Gasteiger partial charge on any atom is 0.391 e. The van der Waals surface area contributed by atoms with Crippen molar-refractivity contribution in [2.75, 3.05) is 29.1 Å². The lowest BCUT2D eigenvalue weighted by atomic mass is 9.74. The highest BCUT2D eigenvalue weighted by Crippen LogP contribution is 2.53. The first kappa shape index (κ1) is 22.9. The number of hydrogen-bond donors (Lipinski definition) is 4. The Morgan fingerprint density at radius 3 is 2.53 bits per heavy atom. The summed E-state index contributed by atoms with van der Waals surface area (Å²) < 4.78 is 41.4. The normalized spacial score (nSPS) is 26.1. The van der Waals surface area contributed by atoms with Crippen LogP contribution in [0.2, 0.25) is 0 Å². The van der Waals surface area contributed by atoms with Crippen molar-refractivity contribution in [2.45, 2.75) is 50.9 Å². The molecule has 2 aromatic heterocycles. The first-order valence-electron chi connectivity index (χ1n) is 11.4. The third-order valence-electron chi connectivity index (χ3n) is 7.87. The topological polar surface area (TPSA) is 127 Å². The number of alkyl halides is 3. The smallest absolute Gasteiger partial charge is 0.384 e. The molecule has 3 atom stereocenters. The first-order chi connectivity index (χ1) is 16.0. The fraction of sp³-hybridized carbons (Fsp3) is 0.591. The minimum Gasteiger partial charge on any atom is -0.384 e. The Labute approximate surface area is 194 Å². The van der Waals surface area contributed by atoms with Gasteiger partial charge in [0.05, 0.1) is 17.5 Å². The van der Waals surface area contributed by atoms with Gasteiger partial charge in [0.25, 0.3) is 5.56 Å². The molecule has 9 nitrogen and oxygen atoms in total. The van der Waals surface area contributed by atoms with Crippen molar-refractivity contribution in [1.82, 2.24) is 20.0 Å². The van der Waals surface area contributed by atoms with E-state index in [1.807, 2.05) is 17.9 Å². The van der Waals surface area contributed by atoms with E-state index in [0.29, 0.717) is 54.8 Å². The molecular formula is C22H29F3N8O. The Bertz CT molecular complexity index is 1170. The van der Waals surface area contributed by atoms with Gasteiger partial charge in [0.1, 0.15) is 5.82 Å². The minimum atomic E-state index is -4.21. The van der Waals surface area contributed by atoms with Crippen LogP contribution in [0, 0.1) is 18.3 Å². The van der Waals surface area contributed by atoms with Crippen LogP contribution in [0.3, 0.4) is 0 Å². The van der Waals surface area contributed by atoms with E-state index in [-0.39, 0.29) is 18.4 Å². The Morgan fingerprint density at radius 1 is 1.21 bits per heavy atom. The number of halogens is 3. The van der Waals surface area contributed by atoms with E-state index in [2.05, 4.69) is 15.8 Å². The van der Waals surface area contributed by atoms with Gasteiger partial charge in [0, 0.05) is 31.9 Å². The number of nitrogen functional groups attached to an aromatic ring is 1. The number of nitrogens with one attached hydrogen (secondary N) is 2. The molecule has 2 aliphatic heterocycles. The Morgan fingerprint density at radius 2 is 1.91 bits per heavy atom. The maximum absolute atomic E-state index is 13.4. The number of nitrogens with two attached hydrogens (primary N) is 2. The number of rotatable bonds is 2. The van der Waals surface area contributed by atoms with Gasteiger partial charge in [-0.1, -0.05) is 6.07 Å². The quantitative estimate of drug-likeness (QED) is 0.516. The van der Waals surface area contributed by atoms with Crippen LogP contribution in [-0.2, 0) is 7.05 Å². The van der Waals surface area contributed by atoms with Crippen molar-refractivity contribution < 1.29 is 13.2 Å². The van der Waals surface area contributed by atoms with Crippen LogP contribution in [0.1, 0.15) is 48.5 Å². The van der Waals surface area contributed by atoms with E-state index in [1.165, 1.54) is 4.57 Å². The number of hydrogen-bond acceptors (Lipinski definition) is 8. The average molecular weight is 479 g/mol. The molecule has 2 fully saturated rings. The summed E-state index contributed by atoms with van der Waals surface area (Å²) in [4.78, 5) is 24.3. The average Bonchev–Trinajstić information content (AvgIpc) is 3.33. The summed E-state index contributed by atoms with van der Waals surface area (Å²) >= 11 is 0. The summed E-state index contributed by atoms with van der Waals surface area (Å²) in [7, 11) is 1.67. The molecular weight excluding hydrogens is 449 g/mol. The molecule has 0 aromatic carbocycles. The lowest BCUT2D eigenvalue weighted by molar-refractivity contribution is -0.174. The van der Waals surface area contributed by atoms with Gasteiger partial charge < -0.3 is 21.8 Å². The number of nitrogens with zero attached hydrogens (tertiary/aromatic N) is 4. The number of piperidine rings is 1. The van der Waals surface area contributed by atoms with E-state index in [9.17, 15) is 18.0 Å². The van der Waals surface area contributed by atoms with Gasteiger partial charge in [-0.05, 0) is 49.7 Å². The van der Waals surface area contributed by atoms with Crippen LogP contribution in [0.4, 0.5) is 30.8 Å². The summed E-state index contributed by atoms with van der Waals surface area (Å²) in [5.41, 5.74) is 19.4. The van der Waals surface area contributed by atoms with Crippen LogP contribution in [0.25, 0.3) is 0 Å². The van der Waals surface area contributed by atoms with Gasteiger partial charge in [0.2, 0.25) is 5.95 Å². The Hall–Kier alpha value is -2.86. The molecule has 4 heterocycles. The molecule has 1 aliphatic carbocycles. The van der Waals surface area contributed by atoms with Crippen molar-refractivity contribution in [3.63, 3.8) is 0 Å². The fourth-order valence-electron chi connectivity index (χ4n) is 5.85. The summed E-state index contributed by atoms with van der Waals surface area (Å²) in [5.74, 6) is -0.0100. The lowest BCUT2D eigenvalue weighted by Gasteiger charge is -2.42. The highest BCUT2D eigenvalue weighted by molar-refractivity contribution is 5.57. The molecule has 0 amide bonds. The van der Waals surface area contributed by atoms with Crippen LogP contribution < -0.4 is 32.8 Å². The SMILES string of the molecule is Cc1nc(N)ccc1C1NNc2nc(N3CCC4(CC3)C[C@@H](C(F)(F)F)C[C@H]4N)n(C)c(=O)c21. The second-order valence-corrected chi connectivity index (χ2v) is 9.79. The summed E-state index contributed by atoms with van der Waals surface area (Å²) in [6.07, 6.45) is -3.08. The highest BCUT2D eigenvalue weighted by atomic mass is 19.4. The molecule has 12 heteroatoms. The monoisotopic (exact) mass is 478 g/mol. The molecule has 1 spiro atoms. The lowest BCUT2D eigenvalue weighted by Crippen LogP contribution is -2.48. The standard InChI is InChI=1S/C22H29F3N8O/c1-11-13(3-4-15(27)28-11)17-16-18(31-30-17)29-20(32(2)19(16)34)33-7-5-21(6-8-33)10-12(9-14(21)26)22(23,24)25/h3-4,12,14,17,30-31H,5-10,26H2,1-2H3,(H2,27,28)/t12-,14+,17?/m0/s1. The molecule has 184 valence electrons. The van der Waals surface area contributed by atoms with Gasteiger partial charge in [-0.25, -0.2) is 10.4 Å². The van der Waals surface area contributed by atoms with E-state index < -0.39 is 29.6 Å². The zero-order valence-corrected chi connectivity index (χ0v) is 19.1. The first-order valence-corrected chi connectivity index (χ1v) is 11.4. The van der Waals surface area contributed by atoms with Crippen molar-refractivity contribution in [2.24, 2.45) is 24.1 Å². The fourth-order valence-corrected chi connectivity index (χ4v) is 5.85. The van der Waals surface area contributed by atoms with Crippen LogP contribution >= 0.6 is 0 Å². The number of hydrazine groups is 1. The predicted octanol–water partition coefficient (Wildman–Crippen LogP) is 1.97. The molecule has 1 unspecified atom stereocenters. The Kier molecular flexibility index (Phi) is 5.28. The van der Waals surface area contributed by atoms with Crippen molar-refractivity contribution in [3.05, 3.63) is 39.3 Å². The predicted molar refractivity (Wildman–Crippen MR) is 122 cm³/mol. The van der Waals surface area contributed by atoms with Gasteiger partial charge in [-0.3, -0.25) is 9.36 Å². The number of aryl methyl sites for hydroxylation is 1. The van der Waals surface area contributed by atoms with Crippen molar-refractivity contribution >= 4 is 17.6 Å². The number of pyridine rings is 1. The van der Waals surface area contributed by atoms with Crippen LogP contribution in [-0.4, -0.2) is 39.8 Å².